The van der Waals surface area contributed by atoms with Crippen LogP contribution in [0.1, 0.15) is 15.9 Å². The van der Waals surface area contributed by atoms with Crippen LogP contribution >= 0.6 is 22.6 Å². The first kappa shape index (κ1) is 20.2. The molecular weight excluding hydrogens is 477 g/mol. The molecule has 0 radical (unpaired) electrons. The van der Waals surface area contributed by atoms with Crippen LogP contribution in [0.3, 0.4) is 0 Å². The van der Waals surface area contributed by atoms with Crippen LogP contribution in [0.15, 0.2) is 36.4 Å². The third-order valence-corrected chi connectivity index (χ3v) is 4.93. The number of esters is 1. The van der Waals surface area contributed by atoms with Crippen molar-refractivity contribution in [2.75, 3.05) is 34.0 Å². The molecule has 3 rings (SSSR count). The van der Waals surface area contributed by atoms with Crippen LogP contribution in [0.5, 0.6) is 17.2 Å². The summed E-state index contributed by atoms with van der Waals surface area (Å²) in [5.74, 6) is 0.976. The summed E-state index contributed by atoms with van der Waals surface area (Å²) in [6.45, 7) is 1.11. The molecule has 8 heteroatoms. The Bertz CT molecular complexity index is 885. The number of benzene rings is 2. The average Bonchev–Trinajstić information content (AvgIpc) is 2.85. The minimum Gasteiger partial charge on any atom is -0.493 e. The van der Waals surface area contributed by atoms with Gasteiger partial charge < -0.3 is 23.8 Å². The number of rotatable bonds is 6. The van der Waals surface area contributed by atoms with Crippen molar-refractivity contribution in [2.45, 2.75) is 6.54 Å². The Labute approximate surface area is 176 Å². The molecule has 0 unspecified atom stereocenters. The molecule has 1 heterocycles. The number of fused-ring (bicyclic) bond motifs is 1. The number of ether oxygens (including phenoxy) is 4. The van der Waals surface area contributed by atoms with E-state index in [9.17, 15) is 9.59 Å². The van der Waals surface area contributed by atoms with Gasteiger partial charge in [-0.1, -0.05) is 6.07 Å². The zero-order chi connectivity index (χ0) is 20.1. The van der Waals surface area contributed by atoms with Gasteiger partial charge in [-0.2, -0.15) is 0 Å². The molecule has 0 bridgehead atoms. The minimum absolute atomic E-state index is 0.0751. The van der Waals surface area contributed by atoms with Crippen LogP contribution in [-0.4, -0.2) is 50.8 Å². The van der Waals surface area contributed by atoms with Crippen LogP contribution < -0.4 is 14.2 Å². The maximum Gasteiger partial charge on any atom is 0.343 e. The van der Waals surface area contributed by atoms with Gasteiger partial charge in [0.25, 0.3) is 5.91 Å². The summed E-state index contributed by atoms with van der Waals surface area (Å²) in [5, 5.41) is 0. The normalized spacial score (nSPS) is 13.2. The molecule has 7 nitrogen and oxygen atoms in total. The van der Waals surface area contributed by atoms with E-state index in [-0.39, 0.29) is 12.5 Å². The smallest absolute Gasteiger partial charge is 0.343 e. The lowest BCUT2D eigenvalue weighted by Crippen LogP contribution is -2.31. The highest BCUT2D eigenvalue weighted by Crippen LogP contribution is 2.30. The van der Waals surface area contributed by atoms with Crippen molar-refractivity contribution in [3.63, 3.8) is 0 Å². The van der Waals surface area contributed by atoms with Crippen LogP contribution in [0.2, 0.25) is 0 Å². The first-order valence-corrected chi connectivity index (χ1v) is 9.68. The van der Waals surface area contributed by atoms with Crippen molar-refractivity contribution < 1.29 is 28.5 Å². The Balaban J connectivity index is 1.76. The quantitative estimate of drug-likeness (QED) is 0.452. The van der Waals surface area contributed by atoms with E-state index >= 15 is 0 Å². The molecule has 0 aromatic heterocycles. The second-order valence-electron chi connectivity index (χ2n) is 6.07. The van der Waals surface area contributed by atoms with Crippen molar-refractivity contribution >= 4 is 34.5 Å². The van der Waals surface area contributed by atoms with E-state index in [0.29, 0.717) is 42.5 Å². The highest BCUT2D eigenvalue weighted by molar-refractivity contribution is 14.1. The Kier molecular flexibility index (Phi) is 6.61. The molecule has 0 N–H and O–H groups in total. The fourth-order valence-electron chi connectivity index (χ4n) is 2.83. The van der Waals surface area contributed by atoms with Crippen LogP contribution in [0, 0.1) is 3.57 Å². The molecule has 0 fully saturated rings. The van der Waals surface area contributed by atoms with Gasteiger partial charge in [-0.25, -0.2) is 4.79 Å². The van der Waals surface area contributed by atoms with Gasteiger partial charge in [0.15, 0.2) is 18.1 Å². The van der Waals surface area contributed by atoms with Crippen molar-refractivity contribution in [1.82, 2.24) is 4.90 Å². The minimum atomic E-state index is -0.477. The first-order chi connectivity index (χ1) is 13.5. The second-order valence-corrected chi connectivity index (χ2v) is 7.31. The molecule has 0 saturated heterocycles. The SMILES string of the molecule is COC(=O)COc1ccc(CN2CCOc3cc(I)ccc3C2=O)cc1OC. The topological polar surface area (TPSA) is 74.3 Å². The maximum atomic E-state index is 12.9. The lowest BCUT2D eigenvalue weighted by atomic mass is 10.1. The Morgan fingerprint density at radius 3 is 2.75 bits per heavy atom. The zero-order valence-electron chi connectivity index (χ0n) is 15.6. The van der Waals surface area contributed by atoms with Crippen LogP contribution in [0.25, 0.3) is 0 Å². The highest BCUT2D eigenvalue weighted by atomic mass is 127. The summed E-state index contributed by atoms with van der Waals surface area (Å²) in [6.07, 6.45) is 0. The van der Waals surface area contributed by atoms with E-state index in [1.54, 1.807) is 23.1 Å². The molecule has 2 aromatic carbocycles. The maximum absolute atomic E-state index is 12.9. The molecule has 0 atom stereocenters. The molecule has 0 aliphatic carbocycles. The van der Waals surface area contributed by atoms with E-state index in [4.69, 9.17) is 14.2 Å². The van der Waals surface area contributed by atoms with Gasteiger partial charge in [-0.15, -0.1) is 0 Å². The summed E-state index contributed by atoms with van der Waals surface area (Å²) in [4.78, 5) is 25.9. The van der Waals surface area contributed by atoms with E-state index in [0.717, 1.165) is 9.13 Å². The number of carbonyl (C=O) groups is 2. The highest BCUT2D eigenvalue weighted by Gasteiger charge is 2.24. The average molecular weight is 497 g/mol. The van der Waals surface area contributed by atoms with Crippen LogP contribution in [0.4, 0.5) is 0 Å². The van der Waals surface area contributed by atoms with Crippen molar-refractivity contribution in [1.29, 1.82) is 0 Å². The Morgan fingerprint density at radius 1 is 1.18 bits per heavy atom. The summed E-state index contributed by atoms with van der Waals surface area (Å²) < 4.78 is 22.1. The molecule has 148 valence electrons. The Morgan fingerprint density at radius 2 is 2.00 bits per heavy atom. The predicted octanol–water partition coefficient (Wildman–Crippen LogP) is 2.89. The van der Waals surface area contributed by atoms with E-state index < -0.39 is 5.97 Å². The van der Waals surface area contributed by atoms with E-state index in [1.807, 2.05) is 18.2 Å². The zero-order valence-corrected chi connectivity index (χ0v) is 17.7. The fraction of sp³-hybridized carbons (Fsp3) is 0.300. The largest absolute Gasteiger partial charge is 0.493 e. The Hall–Kier alpha value is -2.49. The number of amides is 1. The standard InChI is InChI=1S/C20H20INO6/c1-25-18-9-13(3-6-16(18)28-12-19(23)26-2)11-22-7-8-27-17-10-14(21)4-5-15(17)20(22)24/h3-6,9-10H,7-8,11-12H2,1-2H3. The number of halogens is 1. The number of hydrogen-bond acceptors (Lipinski definition) is 6. The van der Waals surface area contributed by atoms with Gasteiger partial charge >= 0.3 is 5.97 Å². The van der Waals surface area contributed by atoms with Gasteiger partial charge in [0, 0.05) is 10.1 Å². The summed E-state index contributed by atoms with van der Waals surface area (Å²) in [7, 11) is 2.82. The summed E-state index contributed by atoms with van der Waals surface area (Å²) in [6, 6.07) is 10.9. The lowest BCUT2D eigenvalue weighted by Gasteiger charge is -2.21. The molecule has 0 saturated carbocycles. The molecule has 1 aliphatic heterocycles. The number of hydrogen-bond donors (Lipinski definition) is 0. The second kappa shape index (κ2) is 9.13. The van der Waals surface area contributed by atoms with Gasteiger partial charge in [0.05, 0.1) is 26.3 Å². The molecule has 28 heavy (non-hydrogen) atoms. The lowest BCUT2D eigenvalue weighted by molar-refractivity contribution is -0.142. The predicted molar refractivity (Wildman–Crippen MR) is 110 cm³/mol. The van der Waals surface area contributed by atoms with E-state index in [2.05, 4.69) is 27.3 Å². The number of carbonyl (C=O) groups excluding carboxylic acids is 2. The molecule has 1 amide bonds. The number of nitrogens with zero attached hydrogens (tertiary/aromatic N) is 1. The van der Waals surface area contributed by atoms with Crippen LogP contribution in [-0.2, 0) is 16.1 Å². The van der Waals surface area contributed by atoms with Crippen molar-refractivity contribution in [2.24, 2.45) is 0 Å². The fourth-order valence-corrected chi connectivity index (χ4v) is 3.29. The van der Waals surface area contributed by atoms with Crippen molar-refractivity contribution in [3.8, 4) is 17.2 Å². The molecule has 2 aromatic rings. The van der Waals surface area contributed by atoms with Gasteiger partial charge in [-0.3, -0.25) is 4.79 Å². The van der Waals surface area contributed by atoms with Gasteiger partial charge in [0.2, 0.25) is 0 Å². The van der Waals surface area contributed by atoms with Gasteiger partial charge in [-0.05, 0) is 58.5 Å². The number of methoxy groups -OCH3 is 2. The first-order valence-electron chi connectivity index (χ1n) is 8.60. The molecular formula is C20H20INO6. The summed E-state index contributed by atoms with van der Waals surface area (Å²) >= 11 is 2.19. The van der Waals surface area contributed by atoms with Gasteiger partial charge in [0.1, 0.15) is 12.4 Å². The third kappa shape index (κ3) is 4.67. The van der Waals surface area contributed by atoms with E-state index in [1.165, 1.54) is 14.2 Å². The summed E-state index contributed by atoms with van der Waals surface area (Å²) in [5.41, 5.74) is 1.44. The third-order valence-electron chi connectivity index (χ3n) is 4.25. The van der Waals surface area contributed by atoms with Crippen molar-refractivity contribution in [3.05, 3.63) is 51.1 Å². The molecule has 1 aliphatic rings. The monoisotopic (exact) mass is 497 g/mol. The molecule has 0 spiro atoms.